The van der Waals surface area contributed by atoms with Gasteiger partial charge in [-0.2, -0.15) is 0 Å². The molecular formula is C11H12O4. The number of carbonyl (C=O) groups is 1. The summed E-state index contributed by atoms with van der Waals surface area (Å²) in [4.78, 5) is 10.3. The zero-order chi connectivity index (χ0) is 11.3. The number of aliphatic carboxylic acids is 1. The van der Waals surface area contributed by atoms with Crippen molar-refractivity contribution < 1.29 is 19.4 Å². The minimum Gasteiger partial charge on any atom is -0.497 e. The Hall–Kier alpha value is -1.97. The van der Waals surface area contributed by atoms with Crippen LogP contribution in [-0.4, -0.2) is 25.3 Å². The monoisotopic (exact) mass is 208 g/mol. The Morgan fingerprint density at radius 3 is 2.60 bits per heavy atom. The predicted octanol–water partition coefficient (Wildman–Crippen LogP) is 1.80. The average Bonchev–Trinajstić information content (AvgIpc) is 2.25. The van der Waals surface area contributed by atoms with Gasteiger partial charge in [-0.05, 0) is 18.2 Å². The fraction of sp³-hybridized carbons (Fsp3) is 0.182. The maximum absolute atomic E-state index is 10.3. The molecule has 0 aliphatic rings. The summed E-state index contributed by atoms with van der Waals surface area (Å²) in [6.07, 6.45) is 2.53. The lowest BCUT2D eigenvalue weighted by Crippen LogP contribution is -1.91. The zero-order valence-electron chi connectivity index (χ0n) is 8.56. The highest BCUT2D eigenvalue weighted by Gasteiger charge is 2.02. The summed E-state index contributed by atoms with van der Waals surface area (Å²) in [6.45, 7) is 0. The van der Waals surface area contributed by atoms with Gasteiger partial charge < -0.3 is 14.6 Å². The SMILES string of the molecule is COc1ccc(C=CC(=O)O)c(OC)c1. The van der Waals surface area contributed by atoms with Gasteiger partial charge in [0, 0.05) is 17.7 Å². The summed E-state index contributed by atoms with van der Waals surface area (Å²) in [5.74, 6) is 0.249. The van der Waals surface area contributed by atoms with Crippen LogP contribution in [0.3, 0.4) is 0 Å². The second kappa shape index (κ2) is 5.05. The molecule has 80 valence electrons. The lowest BCUT2D eigenvalue weighted by molar-refractivity contribution is -0.131. The van der Waals surface area contributed by atoms with Gasteiger partial charge >= 0.3 is 5.97 Å². The van der Waals surface area contributed by atoms with E-state index in [0.29, 0.717) is 17.1 Å². The lowest BCUT2D eigenvalue weighted by atomic mass is 10.2. The summed E-state index contributed by atoms with van der Waals surface area (Å²) >= 11 is 0. The molecule has 0 spiro atoms. The topological polar surface area (TPSA) is 55.8 Å². The first-order valence-corrected chi connectivity index (χ1v) is 4.30. The van der Waals surface area contributed by atoms with Gasteiger partial charge in [0.2, 0.25) is 0 Å². The number of carboxylic acids is 1. The van der Waals surface area contributed by atoms with Crippen molar-refractivity contribution >= 4 is 12.0 Å². The van der Waals surface area contributed by atoms with Crippen LogP contribution in [0.5, 0.6) is 11.5 Å². The Morgan fingerprint density at radius 1 is 1.33 bits per heavy atom. The Labute approximate surface area is 87.7 Å². The van der Waals surface area contributed by atoms with Crippen molar-refractivity contribution in [1.82, 2.24) is 0 Å². The van der Waals surface area contributed by atoms with Crippen LogP contribution in [0.2, 0.25) is 0 Å². The van der Waals surface area contributed by atoms with Crippen molar-refractivity contribution in [2.75, 3.05) is 14.2 Å². The lowest BCUT2D eigenvalue weighted by Gasteiger charge is -2.06. The minimum absolute atomic E-state index is 0.576. The van der Waals surface area contributed by atoms with Gasteiger partial charge in [-0.15, -0.1) is 0 Å². The molecule has 0 atom stereocenters. The van der Waals surface area contributed by atoms with Gasteiger partial charge in [-0.3, -0.25) is 0 Å². The Bertz CT molecular complexity index is 382. The van der Waals surface area contributed by atoms with Crippen LogP contribution >= 0.6 is 0 Å². The number of rotatable bonds is 4. The maximum Gasteiger partial charge on any atom is 0.328 e. The highest BCUT2D eigenvalue weighted by molar-refractivity contribution is 5.86. The number of hydrogen-bond acceptors (Lipinski definition) is 3. The number of hydrogen-bond donors (Lipinski definition) is 1. The first kappa shape index (κ1) is 11.1. The summed E-state index contributed by atoms with van der Waals surface area (Å²) in [6, 6.07) is 5.17. The molecule has 1 aromatic carbocycles. The van der Waals surface area contributed by atoms with E-state index < -0.39 is 5.97 Å². The van der Waals surface area contributed by atoms with Crippen LogP contribution < -0.4 is 9.47 Å². The quantitative estimate of drug-likeness (QED) is 0.766. The molecule has 0 bridgehead atoms. The second-order valence-electron chi connectivity index (χ2n) is 2.78. The van der Waals surface area contributed by atoms with E-state index in [9.17, 15) is 4.79 Å². The standard InChI is InChI=1S/C11H12O4/c1-14-9-5-3-8(4-6-11(12)13)10(7-9)15-2/h3-7H,1-2H3,(H,12,13). The first-order chi connectivity index (χ1) is 7.17. The molecule has 0 saturated heterocycles. The largest absolute Gasteiger partial charge is 0.497 e. The normalized spacial score (nSPS) is 10.3. The molecule has 0 heterocycles. The molecule has 0 aromatic heterocycles. The molecule has 1 aromatic rings. The highest BCUT2D eigenvalue weighted by Crippen LogP contribution is 2.25. The van der Waals surface area contributed by atoms with E-state index in [1.807, 2.05) is 0 Å². The molecule has 1 rings (SSSR count). The summed E-state index contributed by atoms with van der Waals surface area (Å²) < 4.78 is 10.1. The number of carboxylic acid groups (broad SMARTS) is 1. The Kier molecular flexibility index (Phi) is 3.74. The zero-order valence-corrected chi connectivity index (χ0v) is 8.56. The van der Waals surface area contributed by atoms with Gasteiger partial charge in [-0.1, -0.05) is 0 Å². The third kappa shape index (κ3) is 3.02. The molecular weight excluding hydrogens is 196 g/mol. The van der Waals surface area contributed by atoms with E-state index in [2.05, 4.69) is 0 Å². The molecule has 1 N–H and O–H groups in total. The van der Waals surface area contributed by atoms with E-state index >= 15 is 0 Å². The average molecular weight is 208 g/mol. The molecule has 0 radical (unpaired) electrons. The molecule has 15 heavy (non-hydrogen) atoms. The second-order valence-corrected chi connectivity index (χ2v) is 2.78. The van der Waals surface area contributed by atoms with Crippen LogP contribution in [0.4, 0.5) is 0 Å². The molecule has 0 unspecified atom stereocenters. The molecule has 0 aliphatic heterocycles. The van der Waals surface area contributed by atoms with Gasteiger partial charge in [-0.25, -0.2) is 4.79 Å². The molecule has 0 amide bonds. The van der Waals surface area contributed by atoms with E-state index in [0.717, 1.165) is 6.08 Å². The highest BCUT2D eigenvalue weighted by atomic mass is 16.5. The first-order valence-electron chi connectivity index (χ1n) is 4.30. The maximum atomic E-state index is 10.3. The molecule has 0 saturated carbocycles. The summed E-state index contributed by atoms with van der Waals surface area (Å²) in [5.41, 5.74) is 0.695. The molecule has 4 nitrogen and oxygen atoms in total. The number of benzene rings is 1. The summed E-state index contributed by atoms with van der Waals surface area (Å²) in [7, 11) is 3.08. The van der Waals surface area contributed by atoms with Crippen LogP contribution in [0, 0.1) is 0 Å². The van der Waals surface area contributed by atoms with E-state index in [1.165, 1.54) is 13.2 Å². The number of methoxy groups -OCH3 is 2. The molecule has 4 heteroatoms. The Morgan fingerprint density at radius 2 is 2.07 bits per heavy atom. The van der Waals surface area contributed by atoms with Crippen molar-refractivity contribution in [1.29, 1.82) is 0 Å². The van der Waals surface area contributed by atoms with Crippen LogP contribution in [-0.2, 0) is 4.79 Å². The van der Waals surface area contributed by atoms with Crippen LogP contribution in [0.25, 0.3) is 6.08 Å². The van der Waals surface area contributed by atoms with Gasteiger partial charge in [0.05, 0.1) is 14.2 Å². The molecule has 0 aliphatic carbocycles. The summed E-state index contributed by atoms with van der Waals surface area (Å²) in [5, 5.41) is 8.49. The van der Waals surface area contributed by atoms with Crippen molar-refractivity contribution in [2.24, 2.45) is 0 Å². The minimum atomic E-state index is -0.993. The third-order valence-corrected chi connectivity index (χ3v) is 1.85. The smallest absolute Gasteiger partial charge is 0.328 e. The fourth-order valence-electron chi connectivity index (χ4n) is 1.12. The fourth-order valence-corrected chi connectivity index (χ4v) is 1.12. The van der Waals surface area contributed by atoms with Crippen molar-refractivity contribution in [2.45, 2.75) is 0 Å². The van der Waals surface area contributed by atoms with Crippen molar-refractivity contribution in [3.63, 3.8) is 0 Å². The molecule has 0 fully saturated rings. The van der Waals surface area contributed by atoms with E-state index in [-0.39, 0.29) is 0 Å². The van der Waals surface area contributed by atoms with Gasteiger partial charge in [0.25, 0.3) is 0 Å². The van der Waals surface area contributed by atoms with Crippen LogP contribution in [0.1, 0.15) is 5.56 Å². The van der Waals surface area contributed by atoms with Crippen molar-refractivity contribution in [3.05, 3.63) is 29.8 Å². The third-order valence-electron chi connectivity index (χ3n) is 1.85. The van der Waals surface area contributed by atoms with Gasteiger partial charge in [0.15, 0.2) is 0 Å². The van der Waals surface area contributed by atoms with Crippen LogP contribution in [0.15, 0.2) is 24.3 Å². The van der Waals surface area contributed by atoms with E-state index in [4.69, 9.17) is 14.6 Å². The van der Waals surface area contributed by atoms with Gasteiger partial charge in [0.1, 0.15) is 11.5 Å². The van der Waals surface area contributed by atoms with Crippen molar-refractivity contribution in [3.8, 4) is 11.5 Å². The van der Waals surface area contributed by atoms with E-state index in [1.54, 1.807) is 25.3 Å². The predicted molar refractivity (Wildman–Crippen MR) is 56.2 cm³/mol. The number of ether oxygens (including phenoxy) is 2. The Balaban J connectivity index is 3.02.